The number of thioether (sulfide) groups is 1. The van der Waals surface area contributed by atoms with Crippen molar-refractivity contribution in [3.63, 3.8) is 0 Å². The molecule has 8 heteroatoms. The highest BCUT2D eigenvalue weighted by atomic mass is 32.2. The van der Waals surface area contributed by atoms with Crippen molar-refractivity contribution < 1.29 is 21.7 Å². The Morgan fingerprint density at radius 3 is 2.63 bits per heavy atom. The molecule has 0 aliphatic carbocycles. The molecule has 0 fully saturated rings. The summed E-state index contributed by atoms with van der Waals surface area (Å²) in [5, 5.41) is 0. The molecule has 1 rings (SSSR count). The summed E-state index contributed by atoms with van der Waals surface area (Å²) in [4.78, 5) is 0.852. The Hall–Kier alpha value is -0.330. The summed E-state index contributed by atoms with van der Waals surface area (Å²) in [5.41, 5.74) is 0.702. The van der Waals surface area contributed by atoms with E-state index >= 15 is 0 Å². The first-order valence-electron chi connectivity index (χ1n) is 5.76. The molecule has 1 aromatic rings. The Balaban J connectivity index is 3.17. The Morgan fingerprint density at radius 2 is 2.05 bits per heavy atom. The maximum Gasteiger partial charge on any atom is 0.300 e. The molecule has 1 atom stereocenters. The van der Waals surface area contributed by atoms with E-state index < -0.39 is 25.6 Å². The molecule has 0 aliphatic heterocycles. The first-order chi connectivity index (χ1) is 9.06. The fourth-order valence-corrected chi connectivity index (χ4v) is 4.17. The molecule has 0 aliphatic rings. The van der Waals surface area contributed by atoms with E-state index in [-0.39, 0.29) is 4.90 Å². The molecule has 1 aromatic carbocycles. The molecule has 0 heterocycles. The van der Waals surface area contributed by atoms with Gasteiger partial charge >= 0.3 is 10.1 Å². The van der Waals surface area contributed by atoms with Gasteiger partial charge in [0.05, 0.1) is 0 Å². The van der Waals surface area contributed by atoms with Crippen LogP contribution in [0, 0.1) is 0 Å². The lowest BCUT2D eigenvalue weighted by molar-refractivity contribution is 0.139. The SMILES string of the molecule is CCSc1cccc(CC)c1S(=O)(=O)OCO[PH2]=O. The first-order valence-corrected chi connectivity index (χ1v) is 9.09. The van der Waals surface area contributed by atoms with Gasteiger partial charge in [0, 0.05) is 4.90 Å². The van der Waals surface area contributed by atoms with Gasteiger partial charge in [-0.15, -0.1) is 11.8 Å². The average Bonchev–Trinajstić information content (AvgIpc) is 2.38. The van der Waals surface area contributed by atoms with Crippen LogP contribution < -0.4 is 0 Å². The van der Waals surface area contributed by atoms with Gasteiger partial charge in [0.1, 0.15) is 4.90 Å². The number of hydrogen-bond acceptors (Lipinski definition) is 6. The van der Waals surface area contributed by atoms with Gasteiger partial charge in [-0.25, -0.2) is 4.18 Å². The van der Waals surface area contributed by atoms with E-state index in [1.54, 1.807) is 12.1 Å². The highest BCUT2D eigenvalue weighted by Crippen LogP contribution is 2.31. The smallest absolute Gasteiger partial charge is 0.300 e. The van der Waals surface area contributed by atoms with Crippen LogP contribution in [0.2, 0.25) is 0 Å². The Kier molecular flexibility index (Phi) is 7.10. The fourth-order valence-electron chi connectivity index (χ4n) is 1.57. The van der Waals surface area contributed by atoms with Crippen LogP contribution in [-0.2, 0) is 29.8 Å². The third-order valence-corrected chi connectivity index (χ3v) is 5.06. The molecule has 108 valence electrons. The van der Waals surface area contributed by atoms with Gasteiger partial charge in [0.15, 0.2) is 15.5 Å². The molecular weight excluding hydrogens is 307 g/mol. The van der Waals surface area contributed by atoms with Gasteiger partial charge < -0.3 is 4.52 Å². The number of hydrogen-bond donors (Lipinski definition) is 0. The lowest BCUT2D eigenvalue weighted by Crippen LogP contribution is -2.11. The molecule has 0 N–H and O–H groups in total. The van der Waals surface area contributed by atoms with Crippen LogP contribution in [0.25, 0.3) is 0 Å². The molecule has 0 saturated carbocycles. The van der Waals surface area contributed by atoms with Crippen molar-refractivity contribution in [2.24, 2.45) is 0 Å². The minimum atomic E-state index is -3.90. The van der Waals surface area contributed by atoms with Gasteiger partial charge in [-0.2, -0.15) is 8.42 Å². The van der Waals surface area contributed by atoms with Crippen LogP contribution in [0.4, 0.5) is 0 Å². The van der Waals surface area contributed by atoms with Crippen molar-refractivity contribution in [1.29, 1.82) is 0 Å². The van der Waals surface area contributed by atoms with Gasteiger partial charge in [-0.05, 0) is 23.8 Å². The molecule has 0 saturated heterocycles. The third-order valence-electron chi connectivity index (χ3n) is 2.33. The topological polar surface area (TPSA) is 69.7 Å². The molecule has 0 amide bonds. The van der Waals surface area contributed by atoms with Crippen molar-refractivity contribution in [3.05, 3.63) is 23.8 Å². The molecule has 1 unspecified atom stereocenters. The summed E-state index contributed by atoms with van der Waals surface area (Å²) in [6.45, 7) is 3.31. The van der Waals surface area contributed by atoms with Crippen LogP contribution in [-0.4, -0.2) is 21.0 Å². The second-order valence-electron chi connectivity index (χ2n) is 3.48. The van der Waals surface area contributed by atoms with Crippen LogP contribution in [0.15, 0.2) is 28.0 Å². The Bertz CT molecular complexity index is 530. The number of aryl methyl sites for hydroxylation is 1. The molecule has 5 nitrogen and oxygen atoms in total. The summed E-state index contributed by atoms with van der Waals surface area (Å²) in [7, 11) is -5.38. The maximum atomic E-state index is 12.2. The first kappa shape index (κ1) is 16.7. The van der Waals surface area contributed by atoms with E-state index in [0.29, 0.717) is 16.9 Å². The van der Waals surface area contributed by atoms with E-state index in [0.717, 1.165) is 5.75 Å². The van der Waals surface area contributed by atoms with E-state index in [9.17, 15) is 13.0 Å². The monoisotopic (exact) mass is 324 g/mol. The maximum absolute atomic E-state index is 12.2. The van der Waals surface area contributed by atoms with E-state index in [2.05, 4.69) is 4.52 Å². The van der Waals surface area contributed by atoms with Crippen molar-refractivity contribution >= 4 is 30.6 Å². The van der Waals surface area contributed by atoms with Crippen LogP contribution >= 0.6 is 20.4 Å². The zero-order valence-electron chi connectivity index (χ0n) is 10.8. The Morgan fingerprint density at radius 1 is 1.32 bits per heavy atom. The second kappa shape index (κ2) is 8.07. The van der Waals surface area contributed by atoms with Crippen molar-refractivity contribution in [1.82, 2.24) is 0 Å². The minimum absolute atomic E-state index is 0.189. The van der Waals surface area contributed by atoms with Crippen molar-refractivity contribution in [3.8, 4) is 0 Å². The molecule has 0 bridgehead atoms. The standard InChI is InChI=1S/C11H17O5PS2/c1-3-9-6-5-7-10(18-4-2)11(9)19(13,14)16-8-15-17-12/h5-7H,3-4,8,17H2,1-2H3. The van der Waals surface area contributed by atoms with Crippen molar-refractivity contribution in [2.75, 3.05) is 12.5 Å². The summed E-state index contributed by atoms with van der Waals surface area (Å²) < 4.78 is 43.8. The molecular formula is C11H17O5PS2. The van der Waals surface area contributed by atoms with Gasteiger partial charge in [0.25, 0.3) is 0 Å². The van der Waals surface area contributed by atoms with Gasteiger partial charge in [-0.1, -0.05) is 26.0 Å². The highest BCUT2D eigenvalue weighted by molar-refractivity contribution is 8.00. The summed E-state index contributed by atoms with van der Waals surface area (Å²) >= 11 is 1.44. The molecule has 0 aromatic heterocycles. The van der Waals surface area contributed by atoms with Crippen LogP contribution in [0.5, 0.6) is 0 Å². The van der Waals surface area contributed by atoms with Crippen molar-refractivity contribution in [2.45, 2.75) is 30.1 Å². The molecule has 0 spiro atoms. The lowest BCUT2D eigenvalue weighted by Gasteiger charge is -2.13. The highest BCUT2D eigenvalue weighted by Gasteiger charge is 2.23. The summed E-state index contributed by atoms with van der Waals surface area (Å²) in [6, 6.07) is 5.34. The summed E-state index contributed by atoms with van der Waals surface area (Å²) in [6.07, 6.45) is 0.587. The third kappa shape index (κ3) is 4.61. The zero-order valence-corrected chi connectivity index (χ0v) is 13.6. The van der Waals surface area contributed by atoms with Gasteiger partial charge in [-0.3, -0.25) is 4.57 Å². The number of benzene rings is 1. The quantitative estimate of drug-likeness (QED) is 0.241. The van der Waals surface area contributed by atoms with E-state index in [1.807, 2.05) is 19.9 Å². The van der Waals surface area contributed by atoms with Crippen LogP contribution in [0.3, 0.4) is 0 Å². The van der Waals surface area contributed by atoms with Gasteiger partial charge in [0.2, 0.25) is 0 Å². The average molecular weight is 324 g/mol. The zero-order chi connectivity index (χ0) is 14.3. The number of rotatable bonds is 8. The molecule has 0 radical (unpaired) electrons. The largest absolute Gasteiger partial charge is 0.304 e. The van der Waals surface area contributed by atoms with E-state index in [4.69, 9.17) is 4.18 Å². The second-order valence-corrected chi connectivity index (χ2v) is 6.87. The van der Waals surface area contributed by atoms with Crippen LogP contribution in [0.1, 0.15) is 19.4 Å². The predicted molar refractivity (Wildman–Crippen MR) is 76.8 cm³/mol. The van der Waals surface area contributed by atoms with E-state index in [1.165, 1.54) is 11.8 Å². The normalized spacial score (nSPS) is 12.3. The molecule has 19 heavy (non-hydrogen) atoms. The summed E-state index contributed by atoms with van der Waals surface area (Å²) in [5.74, 6) is 0.761. The lowest BCUT2D eigenvalue weighted by atomic mass is 10.2. The minimum Gasteiger partial charge on any atom is -0.304 e. The predicted octanol–water partition coefficient (Wildman–Crippen LogP) is 2.71. The Labute approximate surface area is 119 Å². The fraction of sp³-hybridized carbons (Fsp3) is 0.455.